The molecule has 0 saturated heterocycles. The lowest BCUT2D eigenvalue weighted by molar-refractivity contribution is 1.01. The van der Waals surface area contributed by atoms with Crippen LogP contribution in [0.15, 0.2) is 30.6 Å². The fraction of sp³-hybridized carbons (Fsp3) is 0.286. The molecule has 0 saturated carbocycles. The summed E-state index contributed by atoms with van der Waals surface area (Å²) in [6.45, 7) is 4.18. The third-order valence-corrected chi connectivity index (χ3v) is 2.91. The van der Waals surface area contributed by atoms with Gasteiger partial charge < -0.3 is 5.73 Å². The van der Waals surface area contributed by atoms with E-state index < -0.39 is 0 Å². The number of nitrogen functional groups attached to an aromatic ring is 1. The zero-order chi connectivity index (χ0) is 12.3. The van der Waals surface area contributed by atoms with Gasteiger partial charge in [-0.15, -0.1) is 0 Å². The number of pyridine rings is 2. The molecule has 88 valence electrons. The average Bonchev–Trinajstić information content (AvgIpc) is 2.34. The van der Waals surface area contributed by atoms with E-state index in [-0.39, 0.29) is 0 Å². The van der Waals surface area contributed by atoms with E-state index in [1.165, 1.54) is 16.7 Å². The molecule has 0 atom stereocenters. The minimum Gasteiger partial charge on any atom is -0.384 e. The molecular formula is C14H17N3. The molecule has 2 rings (SSSR count). The van der Waals surface area contributed by atoms with Crippen molar-refractivity contribution in [3.05, 3.63) is 53.0 Å². The number of rotatable bonds is 3. The molecule has 2 aromatic rings. The van der Waals surface area contributed by atoms with Crippen molar-refractivity contribution in [3.8, 4) is 0 Å². The van der Waals surface area contributed by atoms with Crippen LogP contribution in [0.3, 0.4) is 0 Å². The standard InChI is InChI=1S/C14H17N3/c1-3-11-4-5-13(16-8-11)7-12-9-17-14(15)6-10(12)2/h4-6,8-9H,3,7H2,1-2H3,(H2,15,17). The fourth-order valence-electron chi connectivity index (χ4n) is 1.76. The Morgan fingerprint density at radius 3 is 2.59 bits per heavy atom. The molecule has 3 heteroatoms. The van der Waals surface area contributed by atoms with Crippen molar-refractivity contribution in [1.29, 1.82) is 0 Å². The van der Waals surface area contributed by atoms with Gasteiger partial charge in [0.15, 0.2) is 0 Å². The Morgan fingerprint density at radius 1 is 1.18 bits per heavy atom. The smallest absolute Gasteiger partial charge is 0.123 e. The molecular weight excluding hydrogens is 210 g/mol. The van der Waals surface area contributed by atoms with E-state index in [0.29, 0.717) is 5.82 Å². The Morgan fingerprint density at radius 2 is 2.00 bits per heavy atom. The van der Waals surface area contributed by atoms with E-state index in [1.807, 2.05) is 25.4 Å². The maximum absolute atomic E-state index is 5.63. The number of aromatic nitrogens is 2. The van der Waals surface area contributed by atoms with Crippen molar-refractivity contribution in [1.82, 2.24) is 9.97 Å². The largest absolute Gasteiger partial charge is 0.384 e. The fourth-order valence-corrected chi connectivity index (χ4v) is 1.76. The van der Waals surface area contributed by atoms with Gasteiger partial charge in [0, 0.05) is 24.5 Å². The quantitative estimate of drug-likeness (QED) is 0.876. The Bertz CT molecular complexity index is 503. The second-order valence-corrected chi connectivity index (χ2v) is 4.22. The molecule has 2 N–H and O–H groups in total. The lowest BCUT2D eigenvalue weighted by Crippen LogP contribution is -1.98. The molecule has 17 heavy (non-hydrogen) atoms. The monoisotopic (exact) mass is 227 g/mol. The van der Waals surface area contributed by atoms with E-state index in [1.54, 1.807) is 0 Å². The number of aryl methyl sites for hydroxylation is 2. The molecule has 0 aliphatic rings. The highest BCUT2D eigenvalue weighted by atomic mass is 14.8. The summed E-state index contributed by atoms with van der Waals surface area (Å²) in [7, 11) is 0. The first-order chi connectivity index (χ1) is 8.19. The zero-order valence-corrected chi connectivity index (χ0v) is 10.3. The van der Waals surface area contributed by atoms with Gasteiger partial charge in [0.1, 0.15) is 5.82 Å². The minimum atomic E-state index is 0.570. The van der Waals surface area contributed by atoms with Gasteiger partial charge in [-0.25, -0.2) is 4.98 Å². The van der Waals surface area contributed by atoms with Gasteiger partial charge in [0.2, 0.25) is 0 Å². The maximum Gasteiger partial charge on any atom is 0.123 e. The normalized spacial score (nSPS) is 10.5. The van der Waals surface area contributed by atoms with Gasteiger partial charge >= 0.3 is 0 Å². The van der Waals surface area contributed by atoms with Crippen LogP contribution in [0, 0.1) is 6.92 Å². The molecule has 2 heterocycles. The van der Waals surface area contributed by atoms with Crippen LogP contribution in [0.25, 0.3) is 0 Å². The van der Waals surface area contributed by atoms with Crippen molar-refractivity contribution < 1.29 is 0 Å². The SMILES string of the molecule is CCc1ccc(Cc2cnc(N)cc2C)nc1. The number of nitrogens with zero attached hydrogens (tertiary/aromatic N) is 2. The van der Waals surface area contributed by atoms with E-state index in [4.69, 9.17) is 5.73 Å². The first-order valence-electron chi connectivity index (χ1n) is 5.84. The molecule has 0 bridgehead atoms. The highest BCUT2D eigenvalue weighted by molar-refractivity contribution is 5.37. The van der Waals surface area contributed by atoms with Gasteiger partial charge in [-0.1, -0.05) is 13.0 Å². The van der Waals surface area contributed by atoms with Crippen LogP contribution in [0.5, 0.6) is 0 Å². The van der Waals surface area contributed by atoms with E-state index in [2.05, 4.69) is 29.0 Å². The van der Waals surface area contributed by atoms with E-state index in [9.17, 15) is 0 Å². The van der Waals surface area contributed by atoms with Gasteiger partial charge in [-0.2, -0.15) is 0 Å². The van der Waals surface area contributed by atoms with E-state index in [0.717, 1.165) is 18.5 Å². The van der Waals surface area contributed by atoms with Crippen molar-refractivity contribution in [2.45, 2.75) is 26.7 Å². The Kier molecular flexibility index (Phi) is 3.38. The molecule has 0 spiro atoms. The molecule has 0 amide bonds. The zero-order valence-electron chi connectivity index (χ0n) is 10.3. The third kappa shape index (κ3) is 2.81. The second kappa shape index (κ2) is 4.95. The molecule has 0 aromatic carbocycles. The summed E-state index contributed by atoms with van der Waals surface area (Å²) in [6.07, 6.45) is 5.61. The highest BCUT2D eigenvalue weighted by Gasteiger charge is 2.02. The van der Waals surface area contributed by atoms with Crippen LogP contribution in [0.4, 0.5) is 5.82 Å². The van der Waals surface area contributed by atoms with Crippen LogP contribution in [-0.2, 0) is 12.8 Å². The highest BCUT2D eigenvalue weighted by Crippen LogP contribution is 2.13. The lowest BCUT2D eigenvalue weighted by Gasteiger charge is -2.06. The molecule has 2 aromatic heterocycles. The number of nitrogens with two attached hydrogens (primary N) is 1. The summed E-state index contributed by atoms with van der Waals surface area (Å²) in [6, 6.07) is 6.10. The van der Waals surface area contributed by atoms with Crippen molar-refractivity contribution in [3.63, 3.8) is 0 Å². The van der Waals surface area contributed by atoms with Gasteiger partial charge in [0.25, 0.3) is 0 Å². The molecule has 0 unspecified atom stereocenters. The average molecular weight is 227 g/mol. The van der Waals surface area contributed by atoms with E-state index >= 15 is 0 Å². The Balaban J connectivity index is 2.19. The predicted octanol–water partition coefficient (Wildman–Crippen LogP) is 2.52. The molecule has 0 aliphatic heterocycles. The van der Waals surface area contributed by atoms with Crippen LogP contribution in [0.1, 0.15) is 29.3 Å². The summed E-state index contributed by atoms with van der Waals surface area (Å²) in [5, 5.41) is 0. The van der Waals surface area contributed by atoms with Crippen molar-refractivity contribution >= 4 is 5.82 Å². The first kappa shape index (κ1) is 11.6. The summed E-state index contributed by atoms with van der Waals surface area (Å²) in [5.74, 6) is 0.570. The number of hydrogen-bond acceptors (Lipinski definition) is 3. The minimum absolute atomic E-state index is 0.570. The molecule has 0 aliphatic carbocycles. The van der Waals surface area contributed by atoms with Crippen LogP contribution in [-0.4, -0.2) is 9.97 Å². The summed E-state index contributed by atoms with van der Waals surface area (Å²) in [5.41, 5.74) is 10.3. The Labute approximate surface area is 102 Å². The van der Waals surface area contributed by atoms with Crippen LogP contribution in [0.2, 0.25) is 0 Å². The number of anilines is 1. The summed E-state index contributed by atoms with van der Waals surface area (Å²) >= 11 is 0. The van der Waals surface area contributed by atoms with Gasteiger partial charge in [-0.3, -0.25) is 4.98 Å². The predicted molar refractivity (Wildman–Crippen MR) is 69.8 cm³/mol. The van der Waals surface area contributed by atoms with Gasteiger partial charge in [0.05, 0.1) is 0 Å². The first-order valence-corrected chi connectivity index (χ1v) is 5.84. The van der Waals surface area contributed by atoms with Crippen molar-refractivity contribution in [2.24, 2.45) is 0 Å². The molecule has 3 nitrogen and oxygen atoms in total. The molecule has 0 fully saturated rings. The van der Waals surface area contributed by atoms with Crippen LogP contribution < -0.4 is 5.73 Å². The maximum atomic E-state index is 5.63. The van der Waals surface area contributed by atoms with Crippen molar-refractivity contribution in [2.75, 3.05) is 5.73 Å². The summed E-state index contributed by atoms with van der Waals surface area (Å²) in [4.78, 5) is 8.57. The summed E-state index contributed by atoms with van der Waals surface area (Å²) < 4.78 is 0. The third-order valence-electron chi connectivity index (χ3n) is 2.91. The topological polar surface area (TPSA) is 51.8 Å². The number of hydrogen-bond donors (Lipinski definition) is 1. The Hall–Kier alpha value is -1.90. The molecule has 0 radical (unpaired) electrons. The van der Waals surface area contributed by atoms with Gasteiger partial charge in [-0.05, 0) is 42.2 Å². The van der Waals surface area contributed by atoms with Crippen LogP contribution >= 0.6 is 0 Å². The second-order valence-electron chi connectivity index (χ2n) is 4.22. The lowest BCUT2D eigenvalue weighted by atomic mass is 10.1.